The van der Waals surface area contributed by atoms with Gasteiger partial charge in [0.2, 0.25) is 0 Å². The molecular weight excluding hydrogens is 422 g/mol. The van der Waals surface area contributed by atoms with Crippen LogP contribution in [0.5, 0.6) is 0 Å². The molecule has 0 bridgehead atoms. The summed E-state index contributed by atoms with van der Waals surface area (Å²) < 4.78 is 7.06. The first kappa shape index (κ1) is 21.7. The molecule has 30 heavy (non-hydrogen) atoms. The molecule has 154 valence electrons. The molecular formula is C23H20ClNO4S. The van der Waals surface area contributed by atoms with Crippen LogP contribution in [0.15, 0.2) is 53.3 Å². The zero-order valence-electron chi connectivity index (χ0n) is 16.6. The summed E-state index contributed by atoms with van der Waals surface area (Å²) >= 11 is 7.02. The number of ketones is 1. The zero-order chi connectivity index (χ0) is 21.7. The number of Topliss-reactive ketones (excluding diaryl/α,β-unsaturated/α-hetero) is 1. The third-order valence-corrected chi connectivity index (χ3v) is 5.62. The lowest BCUT2D eigenvalue weighted by molar-refractivity contribution is -0.135. The minimum absolute atomic E-state index is 0.191. The van der Waals surface area contributed by atoms with Gasteiger partial charge in [-0.15, -0.1) is 11.3 Å². The molecule has 0 unspecified atom stereocenters. The number of thiazole rings is 1. The number of hydrogen-bond donors (Lipinski definition) is 0. The van der Waals surface area contributed by atoms with Gasteiger partial charge < -0.3 is 4.74 Å². The molecule has 0 aliphatic rings. The molecule has 0 aliphatic heterocycles. The number of benzene rings is 2. The van der Waals surface area contributed by atoms with Crippen LogP contribution >= 0.6 is 22.9 Å². The van der Waals surface area contributed by atoms with E-state index >= 15 is 0 Å². The summed E-state index contributed by atoms with van der Waals surface area (Å²) in [5, 5.41) is 0.519. The van der Waals surface area contributed by atoms with Crippen LogP contribution in [0.4, 0.5) is 0 Å². The van der Waals surface area contributed by atoms with Crippen molar-refractivity contribution in [2.24, 2.45) is 0 Å². The van der Waals surface area contributed by atoms with Crippen LogP contribution in [0.2, 0.25) is 5.02 Å². The van der Waals surface area contributed by atoms with Gasteiger partial charge in [0, 0.05) is 10.6 Å². The Kier molecular flexibility index (Phi) is 7.03. The predicted octanol–water partition coefficient (Wildman–Crippen LogP) is 2.93. The molecule has 7 heteroatoms. The Morgan fingerprint density at radius 1 is 1.10 bits per heavy atom. The van der Waals surface area contributed by atoms with Crippen molar-refractivity contribution in [1.82, 2.24) is 4.57 Å². The number of aryl methyl sites for hydroxylation is 1. The summed E-state index contributed by atoms with van der Waals surface area (Å²) in [6.07, 6.45) is 3.00. The third-order valence-electron chi connectivity index (χ3n) is 4.31. The van der Waals surface area contributed by atoms with E-state index in [9.17, 15) is 14.4 Å². The second-order valence-electron chi connectivity index (χ2n) is 6.58. The standard InChI is InChI=1S/C23H20ClNO4S/c1-3-29-22(27)13-21-25(14-19(26)17-8-10-18(24)11-9-17)23(28)20(30-21)12-16-6-4-15(2)5-7-16/h4-13H,3,14H2,1-2H3/b20-12-,21-13-. The number of nitrogens with zero attached hydrogens (tertiary/aromatic N) is 1. The first-order valence-corrected chi connectivity index (χ1v) is 10.5. The van der Waals surface area contributed by atoms with Crippen molar-refractivity contribution in [3.8, 4) is 0 Å². The molecule has 0 amide bonds. The van der Waals surface area contributed by atoms with Crippen LogP contribution in [0.3, 0.4) is 0 Å². The van der Waals surface area contributed by atoms with Gasteiger partial charge in [-0.05, 0) is 49.8 Å². The van der Waals surface area contributed by atoms with Crippen LogP contribution in [0.25, 0.3) is 12.2 Å². The Bertz CT molecular complexity index is 1240. The highest BCUT2D eigenvalue weighted by atomic mass is 35.5. The van der Waals surface area contributed by atoms with Crippen molar-refractivity contribution >= 4 is 46.8 Å². The summed E-state index contributed by atoms with van der Waals surface area (Å²) in [6.45, 7) is 3.71. The highest BCUT2D eigenvalue weighted by molar-refractivity contribution is 7.07. The molecule has 3 rings (SSSR count). The van der Waals surface area contributed by atoms with E-state index in [1.807, 2.05) is 31.2 Å². The summed E-state index contributed by atoms with van der Waals surface area (Å²) in [5.41, 5.74) is 2.07. The van der Waals surface area contributed by atoms with Crippen molar-refractivity contribution < 1.29 is 14.3 Å². The number of esters is 1. The fourth-order valence-corrected chi connectivity index (χ4v) is 3.92. The maximum atomic E-state index is 13.0. The van der Waals surface area contributed by atoms with Crippen LogP contribution in [-0.2, 0) is 16.1 Å². The van der Waals surface area contributed by atoms with Crippen molar-refractivity contribution in [3.63, 3.8) is 0 Å². The number of aromatic nitrogens is 1. The molecule has 3 aromatic rings. The van der Waals surface area contributed by atoms with E-state index in [0.717, 1.165) is 22.5 Å². The lowest BCUT2D eigenvalue weighted by atomic mass is 10.1. The van der Waals surface area contributed by atoms with Gasteiger partial charge in [0.05, 0.1) is 23.8 Å². The van der Waals surface area contributed by atoms with Crippen LogP contribution in [-0.4, -0.2) is 22.9 Å². The molecule has 2 aromatic carbocycles. The Morgan fingerprint density at radius 2 is 1.77 bits per heavy atom. The quantitative estimate of drug-likeness (QED) is 0.436. The van der Waals surface area contributed by atoms with E-state index in [4.69, 9.17) is 16.3 Å². The van der Waals surface area contributed by atoms with Gasteiger partial charge in [-0.2, -0.15) is 0 Å². The first-order chi connectivity index (χ1) is 14.4. The largest absolute Gasteiger partial charge is 0.463 e. The average molecular weight is 442 g/mol. The Labute approximate surface area is 182 Å². The SMILES string of the molecule is CCOC(=O)/C=c1\s/c(=C\c2ccc(C)cc2)c(=O)n1CC(=O)c1ccc(Cl)cc1. The van der Waals surface area contributed by atoms with Crippen molar-refractivity contribution in [2.45, 2.75) is 20.4 Å². The van der Waals surface area contributed by atoms with Gasteiger partial charge in [-0.1, -0.05) is 41.4 Å². The number of halogens is 1. The Morgan fingerprint density at radius 3 is 2.40 bits per heavy atom. The van der Waals surface area contributed by atoms with Crippen LogP contribution in [0.1, 0.15) is 28.4 Å². The van der Waals surface area contributed by atoms with Crippen LogP contribution < -0.4 is 14.8 Å². The third kappa shape index (κ3) is 5.34. The fourth-order valence-electron chi connectivity index (χ4n) is 2.76. The van der Waals surface area contributed by atoms with E-state index in [1.165, 1.54) is 10.6 Å². The van der Waals surface area contributed by atoms with E-state index in [-0.39, 0.29) is 24.5 Å². The molecule has 0 saturated carbocycles. The number of carbonyl (C=O) groups is 2. The van der Waals surface area contributed by atoms with E-state index in [0.29, 0.717) is 19.8 Å². The number of rotatable bonds is 6. The number of ether oxygens (including phenoxy) is 1. The fraction of sp³-hybridized carbons (Fsp3) is 0.174. The summed E-state index contributed by atoms with van der Waals surface area (Å²) in [6, 6.07) is 14.2. The van der Waals surface area contributed by atoms with Gasteiger partial charge >= 0.3 is 5.97 Å². The number of carbonyl (C=O) groups excluding carboxylic acids is 2. The molecule has 1 aromatic heterocycles. The van der Waals surface area contributed by atoms with Crippen molar-refractivity contribution in [2.75, 3.05) is 6.61 Å². The molecule has 0 spiro atoms. The van der Waals surface area contributed by atoms with Gasteiger partial charge in [0.15, 0.2) is 5.78 Å². The molecule has 5 nitrogen and oxygen atoms in total. The first-order valence-electron chi connectivity index (χ1n) is 9.32. The van der Waals surface area contributed by atoms with Crippen molar-refractivity contribution in [3.05, 3.63) is 89.8 Å². The van der Waals surface area contributed by atoms with Gasteiger partial charge in [-0.25, -0.2) is 4.79 Å². The molecule has 0 fully saturated rings. The zero-order valence-corrected chi connectivity index (χ0v) is 18.1. The van der Waals surface area contributed by atoms with E-state index < -0.39 is 5.97 Å². The summed E-state index contributed by atoms with van der Waals surface area (Å²) in [7, 11) is 0. The van der Waals surface area contributed by atoms with Gasteiger partial charge in [0.25, 0.3) is 5.56 Å². The number of hydrogen-bond acceptors (Lipinski definition) is 5. The molecule has 1 heterocycles. The normalized spacial score (nSPS) is 12.2. The lowest BCUT2D eigenvalue weighted by Crippen LogP contribution is -2.34. The van der Waals surface area contributed by atoms with Gasteiger partial charge in [0.1, 0.15) is 4.66 Å². The van der Waals surface area contributed by atoms with Crippen molar-refractivity contribution in [1.29, 1.82) is 0 Å². The highest BCUT2D eigenvalue weighted by Crippen LogP contribution is 2.10. The Balaban J connectivity index is 2.07. The van der Waals surface area contributed by atoms with E-state index in [2.05, 4.69) is 0 Å². The summed E-state index contributed by atoms with van der Waals surface area (Å²) in [5.74, 6) is -0.819. The van der Waals surface area contributed by atoms with Gasteiger partial charge in [-0.3, -0.25) is 14.2 Å². The molecule has 0 N–H and O–H groups in total. The molecule has 0 aliphatic carbocycles. The summed E-state index contributed by atoms with van der Waals surface area (Å²) in [4.78, 5) is 37.7. The maximum absolute atomic E-state index is 13.0. The average Bonchev–Trinajstić information content (AvgIpc) is 2.99. The lowest BCUT2D eigenvalue weighted by Gasteiger charge is -2.03. The molecule has 0 saturated heterocycles. The maximum Gasteiger partial charge on any atom is 0.333 e. The predicted molar refractivity (Wildman–Crippen MR) is 119 cm³/mol. The Hall–Kier alpha value is -2.96. The van der Waals surface area contributed by atoms with E-state index in [1.54, 1.807) is 37.3 Å². The topological polar surface area (TPSA) is 65.4 Å². The van der Waals surface area contributed by atoms with Crippen LogP contribution in [0, 0.1) is 6.92 Å². The molecule has 0 radical (unpaired) electrons. The smallest absolute Gasteiger partial charge is 0.333 e. The minimum Gasteiger partial charge on any atom is -0.463 e. The highest BCUT2D eigenvalue weighted by Gasteiger charge is 2.13. The monoisotopic (exact) mass is 441 g/mol. The second kappa shape index (κ2) is 9.69. The minimum atomic E-state index is -0.562. The molecule has 0 atom stereocenters. The second-order valence-corrected chi connectivity index (χ2v) is 8.08.